The van der Waals surface area contributed by atoms with Gasteiger partial charge in [-0.3, -0.25) is 4.99 Å². The predicted octanol–water partition coefficient (Wildman–Crippen LogP) is 2.65. The summed E-state index contributed by atoms with van der Waals surface area (Å²) in [5.74, 6) is 3.42. The molecule has 0 radical (unpaired) electrons. The minimum absolute atomic E-state index is 0.0823. The van der Waals surface area contributed by atoms with Crippen molar-refractivity contribution in [3.8, 4) is 5.75 Å². The van der Waals surface area contributed by atoms with Gasteiger partial charge >= 0.3 is 0 Å². The number of nitrogens with zero attached hydrogens (tertiary/aromatic N) is 1. The van der Waals surface area contributed by atoms with Gasteiger partial charge in [-0.1, -0.05) is 6.07 Å². The second-order valence-corrected chi connectivity index (χ2v) is 6.55. The molecule has 2 unspecified atom stereocenters. The highest BCUT2D eigenvalue weighted by Gasteiger charge is 2.15. The summed E-state index contributed by atoms with van der Waals surface area (Å²) >= 11 is 1.98. The van der Waals surface area contributed by atoms with Gasteiger partial charge in [0.1, 0.15) is 17.7 Å². The van der Waals surface area contributed by atoms with Gasteiger partial charge in [-0.2, -0.15) is 11.8 Å². The van der Waals surface area contributed by atoms with Gasteiger partial charge < -0.3 is 15.4 Å². The molecule has 2 atom stereocenters. The summed E-state index contributed by atoms with van der Waals surface area (Å²) in [7, 11) is 1.77. The normalized spacial score (nSPS) is 20.3. The van der Waals surface area contributed by atoms with E-state index in [2.05, 4.69) is 15.6 Å². The number of hydrogen-bond acceptors (Lipinski definition) is 3. The number of ether oxygens (including phenoxy) is 1. The van der Waals surface area contributed by atoms with E-state index in [1.807, 2.05) is 18.7 Å². The Morgan fingerprint density at radius 3 is 3.09 bits per heavy atom. The smallest absolute Gasteiger partial charge is 0.191 e. The third-order valence-electron chi connectivity index (χ3n) is 3.42. The molecular formula is C16H24FN3OS. The lowest BCUT2D eigenvalue weighted by Gasteiger charge is -2.25. The number of aliphatic imine (C=N–C) groups is 1. The molecule has 4 nitrogen and oxygen atoms in total. The average molecular weight is 325 g/mol. The molecule has 1 heterocycles. The maximum atomic E-state index is 13.1. The summed E-state index contributed by atoms with van der Waals surface area (Å²) in [5.41, 5.74) is 0. The first-order valence-electron chi connectivity index (χ1n) is 7.64. The second kappa shape index (κ2) is 8.88. The summed E-state index contributed by atoms with van der Waals surface area (Å²) in [6.07, 6.45) is 2.35. The number of rotatable bonds is 5. The highest BCUT2D eigenvalue weighted by atomic mass is 32.2. The van der Waals surface area contributed by atoms with Crippen molar-refractivity contribution < 1.29 is 9.13 Å². The van der Waals surface area contributed by atoms with Gasteiger partial charge in [0.2, 0.25) is 0 Å². The van der Waals surface area contributed by atoms with Crippen molar-refractivity contribution in [1.82, 2.24) is 10.6 Å². The van der Waals surface area contributed by atoms with Crippen LogP contribution in [0.15, 0.2) is 29.3 Å². The van der Waals surface area contributed by atoms with E-state index in [1.54, 1.807) is 19.2 Å². The Morgan fingerprint density at radius 2 is 2.41 bits per heavy atom. The van der Waals surface area contributed by atoms with Crippen molar-refractivity contribution in [3.05, 3.63) is 30.1 Å². The third kappa shape index (κ3) is 5.75. The van der Waals surface area contributed by atoms with Crippen molar-refractivity contribution in [3.63, 3.8) is 0 Å². The summed E-state index contributed by atoms with van der Waals surface area (Å²) < 4.78 is 18.8. The summed E-state index contributed by atoms with van der Waals surface area (Å²) in [6, 6.07) is 6.68. The van der Waals surface area contributed by atoms with Crippen molar-refractivity contribution in [1.29, 1.82) is 0 Å². The Hall–Kier alpha value is -1.43. The fraction of sp³-hybridized carbons (Fsp3) is 0.562. The monoisotopic (exact) mass is 325 g/mol. The quantitative estimate of drug-likeness (QED) is 0.645. The lowest BCUT2D eigenvalue weighted by Crippen LogP contribution is -2.47. The van der Waals surface area contributed by atoms with E-state index < -0.39 is 0 Å². The molecule has 6 heteroatoms. The van der Waals surface area contributed by atoms with Crippen LogP contribution in [0.25, 0.3) is 0 Å². The molecule has 0 bridgehead atoms. The van der Waals surface area contributed by atoms with Crippen LogP contribution >= 0.6 is 11.8 Å². The number of halogens is 1. The fourth-order valence-corrected chi connectivity index (χ4v) is 3.37. The minimum Gasteiger partial charge on any atom is -0.489 e. The van der Waals surface area contributed by atoms with Crippen LogP contribution in [-0.4, -0.2) is 43.2 Å². The van der Waals surface area contributed by atoms with E-state index in [0.29, 0.717) is 18.3 Å². The maximum Gasteiger partial charge on any atom is 0.191 e. The van der Waals surface area contributed by atoms with Crippen LogP contribution in [0, 0.1) is 5.82 Å². The zero-order chi connectivity index (χ0) is 15.8. The van der Waals surface area contributed by atoms with Gasteiger partial charge in [-0.05, 0) is 37.7 Å². The molecule has 2 N–H and O–H groups in total. The van der Waals surface area contributed by atoms with Gasteiger partial charge in [-0.15, -0.1) is 0 Å². The minimum atomic E-state index is -0.287. The number of thioether (sulfide) groups is 1. The molecule has 1 aliphatic heterocycles. The molecule has 1 saturated heterocycles. The molecule has 0 saturated carbocycles. The van der Waals surface area contributed by atoms with E-state index in [9.17, 15) is 4.39 Å². The lowest BCUT2D eigenvalue weighted by molar-refractivity contribution is 0.223. The van der Waals surface area contributed by atoms with Gasteiger partial charge in [0.25, 0.3) is 0 Å². The fourth-order valence-electron chi connectivity index (χ4n) is 2.30. The van der Waals surface area contributed by atoms with E-state index in [-0.39, 0.29) is 11.9 Å². The molecule has 1 aromatic rings. The van der Waals surface area contributed by atoms with Gasteiger partial charge in [-0.25, -0.2) is 4.39 Å². The maximum absolute atomic E-state index is 13.1. The lowest BCUT2D eigenvalue weighted by atomic mass is 10.2. The van der Waals surface area contributed by atoms with Crippen molar-refractivity contribution in [2.45, 2.75) is 31.9 Å². The van der Waals surface area contributed by atoms with Gasteiger partial charge in [0.05, 0.1) is 6.54 Å². The van der Waals surface area contributed by atoms with Crippen molar-refractivity contribution >= 4 is 17.7 Å². The van der Waals surface area contributed by atoms with E-state index >= 15 is 0 Å². The zero-order valence-electron chi connectivity index (χ0n) is 13.1. The van der Waals surface area contributed by atoms with Crippen LogP contribution in [0.5, 0.6) is 5.75 Å². The first-order chi connectivity index (χ1) is 10.7. The Morgan fingerprint density at radius 1 is 1.55 bits per heavy atom. The van der Waals surface area contributed by atoms with Crippen LogP contribution in [0.2, 0.25) is 0 Å². The molecule has 1 fully saturated rings. The Kier molecular flexibility index (Phi) is 6.83. The molecule has 0 amide bonds. The Balaban J connectivity index is 1.75. The van der Waals surface area contributed by atoms with Gasteiger partial charge in [0.15, 0.2) is 5.96 Å². The second-order valence-electron chi connectivity index (χ2n) is 5.40. The van der Waals surface area contributed by atoms with Crippen LogP contribution in [0.4, 0.5) is 4.39 Å². The Labute approximate surface area is 135 Å². The first kappa shape index (κ1) is 16.9. The topological polar surface area (TPSA) is 45.7 Å². The van der Waals surface area contributed by atoms with Crippen LogP contribution in [0.1, 0.15) is 19.8 Å². The SMILES string of the molecule is CN=C(NCC(C)Oc1cccc(F)c1)NC1CCCSC1. The first-order valence-corrected chi connectivity index (χ1v) is 8.80. The molecule has 0 spiro atoms. The number of hydrogen-bond donors (Lipinski definition) is 2. The van der Waals surface area contributed by atoms with Crippen molar-refractivity contribution in [2.75, 3.05) is 25.1 Å². The van der Waals surface area contributed by atoms with E-state index in [4.69, 9.17) is 4.74 Å². The standard InChI is InChI=1S/C16H24FN3OS/c1-12(21-15-7-3-5-13(17)9-15)10-19-16(18-2)20-14-6-4-8-22-11-14/h3,5,7,9,12,14H,4,6,8,10-11H2,1-2H3,(H2,18,19,20). The van der Waals surface area contributed by atoms with Crippen LogP contribution in [0.3, 0.4) is 0 Å². The van der Waals surface area contributed by atoms with E-state index in [0.717, 1.165) is 11.7 Å². The van der Waals surface area contributed by atoms with E-state index in [1.165, 1.54) is 30.7 Å². The molecule has 0 aromatic heterocycles. The highest BCUT2D eigenvalue weighted by molar-refractivity contribution is 7.99. The third-order valence-corrected chi connectivity index (χ3v) is 4.63. The summed E-state index contributed by atoms with van der Waals surface area (Å²) in [6.45, 7) is 2.55. The molecule has 22 heavy (non-hydrogen) atoms. The largest absolute Gasteiger partial charge is 0.489 e. The van der Waals surface area contributed by atoms with Crippen LogP contribution in [-0.2, 0) is 0 Å². The summed E-state index contributed by atoms with van der Waals surface area (Å²) in [4.78, 5) is 4.24. The summed E-state index contributed by atoms with van der Waals surface area (Å²) in [5, 5.41) is 6.70. The Bertz CT molecular complexity index is 492. The molecule has 0 aliphatic carbocycles. The molecule has 122 valence electrons. The predicted molar refractivity (Wildman–Crippen MR) is 91.3 cm³/mol. The highest BCUT2D eigenvalue weighted by Crippen LogP contribution is 2.16. The number of guanidine groups is 1. The van der Waals surface area contributed by atoms with Crippen LogP contribution < -0.4 is 15.4 Å². The number of benzene rings is 1. The molecule has 1 aliphatic rings. The average Bonchev–Trinajstić information content (AvgIpc) is 2.52. The molecular weight excluding hydrogens is 301 g/mol. The molecule has 1 aromatic carbocycles. The molecule has 2 rings (SSSR count). The zero-order valence-corrected chi connectivity index (χ0v) is 14.0. The van der Waals surface area contributed by atoms with Gasteiger partial charge in [0, 0.05) is 24.9 Å². The number of nitrogens with one attached hydrogen (secondary N) is 2. The van der Waals surface area contributed by atoms with Crippen molar-refractivity contribution in [2.24, 2.45) is 4.99 Å².